The number of rotatable bonds is 4. The molecule has 1 amide bonds. The van der Waals surface area contributed by atoms with E-state index >= 15 is 0 Å². The highest BCUT2D eigenvalue weighted by atomic mass is 16.1. The maximum atomic E-state index is 12.7. The summed E-state index contributed by atoms with van der Waals surface area (Å²) in [6.07, 6.45) is 0.873. The van der Waals surface area contributed by atoms with Gasteiger partial charge in [-0.25, -0.2) is 0 Å². The predicted octanol–water partition coefficient (Wildman–Crippen LogP) is 5.11. The Bertz CT molecular complexity index is 731. The third kappa shape index (κ3) is 3.82. The molecule has 0 aliphatic heterocycles. The fraction of sp³-hybridized carbons (Fsp3) is 0.381. The molecule has 1 N–H and O–H groups in total. The summed E-state index contributed by atoms with van der Waals surface area (Å²) in [4.78, 5) is 12.7. The molecule has 0 fully saturated rings. The molecule has 0 saturated heterocycles. The first-order valence-electron chi connectivity index (χ1n) is 8.29. The van der Waals surface area contributed by atoms with Gasteiger partial charge in [0.05, 0.1) is 6.04 Å². The topological polar surface area (TPSA) is 29.1 Å². The zero-order chi connectivity index (χ0) is 17.1. The molecular weight excluding hydrogens is 282 g/mol. The van der Waals surface area contributed by atoms with Crippen molar-refractivity contribution >= 4 is 5.91 Å². The van der Waals surface area contributed by atoms with E-state index in [2.05, 4.69) is 57.3 Å². The summed E-state index contributed by atoms with van der Waals surface area (Å²) in [6.45, 7) is 12.4. The minimum absolute atomic E-state index is 0.00989. The van der Waals surface area contributed by atoms with Crippen LogP contribution in [0.5, 0.6) is 0 Å². The van der Waals surface area contributed by atoms with Gasteiger partial charge in [0.25, 0.3) is 5.91 Å². The van der Waals surface area contributed by atoms with E-state index in [4.69, 9.17) is 0 Å². The third-order valence-electron chi connectivity index (χ3n) is 4.73. The van der Waals surface area contributed by atoms with Crippen molar-refractivity contribution in [3.05, 3.63) is 69.3 Å². The maximum absolute atomic E-state index is 12.7. The van der Waals surface area contributed by atoms with Gasteiger partial charge in [0, 0.05) is 5.56 Å². The Morgan fingerprint density at radius 3 is 2.09 bits per heavy atom. The highest BCUT2D eigenvalue weighted by molar-refractivity contribution is 5.96. The standard InChI is InChI=1S/C21H27NO/c1-7-20(18-9-8-13(2)15(4)11-18)22-21(23)19-12-16(5)14(3)10-17(19)6/h8-12,20H,7H2,1-6H3,(H,22,23). The first-order valence-corrected chi connectivity index (χ1v) is 8.29. The number of hydrogen-bond donors (Lipinski definition) is 1. The monoisotopic (exact) mass is 309 g/mol. The van der Waals surface area contributed by atoms with Gasteiger partial charge in [-0.1, -0.05) is 31.2 Å². The van der Waals surface area contributed by atoms with E-state index in [9.17, 15) is 4.79 Å². The first kappa shape index (κ1) is 17.3. The van der Waals surface area contributed by atoms with Crippen molar-refractivity contribution in [3.63, 3.8) is 0 Å². The fourth-order valence-electron chi connectivity index (χ4n) is 2.84. The summed E-state index contributed by atoms with van der Waals surface area (Å²) < 4.78 is 0. The van der Waals surface area contributed by atoms with Gasteiger partial charge in [0.15, 0.2) is 0 Å². The van der Waals surface area contributed by atoms with E-state index in [1.807, 2.05) is 19.9 Å². The van der Waals surface area contributed by atoms with Crippen LogP contribution in [0.2, 0.25) is 0 Å². The smallest absolute Gasteiger partial charge is 0.252 e. The van der Waals surface area contributed by atoms with E-state index in [0.717, 1.165) is 23.1 Å². The average molecular weight is 309 g/mol. The second-order valence-electron chi connectivity index (χ2n) is 6.53. The summed E-state index contributed by atoms with van der Waals surface area (Å²) in [5.74, 6) is 0.00989. The van der Waals surface area contributed by atoms with E-state index in [1.54, 1.807) is 0 Å². The van der Waals surface area contributed by atoms with Gasteiger partial charge >= 0.3 is 0 Å². The van der Waals surface area contributed by atoms with Crippen molar-refractivity contribution < 1.29 is 4.79 Å². The Morgan fingerprint density at radius 2 is 1.48 bits per heavy atom. The summed E-state index contributed by atoms with van der Waals surface area (Å²) in [6, 6.07) is 10.5. The molecule has 23 heavy (non-hydrogen) atoms. The van der Waals surface area contributed by atoms with Crippen molar-refractivity contribution in [2.24, 2.45) is 0 Å². The summed E-state index contributed by atoms with van der Waals surface area (Å²) in [5, 5.41) is 3.19. The SMILES string of the molecule is CCC(NC(=O)c1cc(C)c(C)cc1C)c1ccc(C)c(C)c1. The molecule has 0 saturated carbocycles. The molecule has 2 aromatic rings. The normalized spacial score (nSPS) is 12.1. The van der Waals surface area contributed by atoms with Crippen LogP contribution in [0.3, 0.4) is 0 Å². The van der Waals surface area contributed by atoms with Crippen LogP contribution in [0, 0.1) is 34.6 Å². The fourth-order valence-corrected chi connectivity index (χ4v) is 2.84. The van der Waals surface area contributed by atoms with Crippen LogP contribution in [0.4, 0.5) is 0 Å². The van der Waals surface area contributed by atoms with E-state index < -0.39 is 0 Å². The summed E-state index contributed by atoms with van der Waals surface area (Å²) in [5.41, 5.74) is 7.89. The van der Waals surface area contributed by atoms with Crippen molar-refractivity contribution in [2.45, 2.75) is 54.0 Å². The summed E-state index contributed by atoms with van der Waals surface area (Å²) in [7, 11) is 0. The molecule has 0 bridgehead atoms. The Morgan fingerprint density at radius 1 is 0.870 bits per heavy atom. The van der Waals surface area contributed by atoms with Crippen LogP contribution in [0.1, 0.15) is 63.1 Å². The number of hydrogen-bond acceptors (Lipinski definition) is 1. The van der Waals surface area contributed by atoms with Crippen LogP contribution in [-0.2, 0) is 0 Å². The number of carbonyl (C=O) groups excluding carboxylic acids is 1. The second kappa shape index (κ2) is 6.99. The molecule has 0 aliphatic carbocycles. The van der Waals surface area contributed by atoms with Gasteiger partial charge in [-0.15, -0.1) is 0 Å². The molecule has 2 rings (SSSR count). The minimum Gasteiger partial charge on any atom is -0.345 e. The third-order valence-corrected chi connectivity index (χ3v) is 4.73. The van der Waals surface area contributed by atoms with Gasteiger partial charge in [-0.2, -0.15) is 0 Å². The van der Waals surface area contributed by atoms with Gasteiger partial charge in [-0.05, 0) is 80.5 Å². The molecule has 122 valence electrons. The summed E-state index contributed by atoms with van der Waals surface area (Å²) >= 11 is 0. The molecule has 0 spiro atoms. The quantitative estimate of drug-likeness (QED) is 0.835. The van der Waals surface area contributed by atoms with Gasteiger partial charge in [0.2, 0.25) is 0 Å². The molecule has 0 aromatic heterocycles. The largest absolute Gasteiger partial charge is 0.345 e. The number of nitrogens with one attached hydrogen (secondary N) is 1. The molecule has 1 unspecified atom stereocenters. The lowest BCUT2D eigenvalue weighted by atomic mass is 9.97. The van der Waals surface area contributed by atoms with E-state index in [1.165, 1.54) is 22.3 Å². The molecule has 0 aliphatic rings. The van der Waals surface area contributed by atoms with Crippen LogP contribution in [0.15, 0.2) is 30.3 Å². The lowest BCUT2D eigenvalue weighted by Gasteiger charge is -2.20. The number of amides is 1. The van der Waals surface area contributed by atoms with Crippen LogP contribution >= 0.6 is 0 Å². The first-order chi connectivity index (χ1) is 10.8. The van der Waals surface area contributed by atoms with Gasteiger partial charge in [0.1, 0.15) is 0 Å². The number of benzene rings is 2. The van der Waals surface area contributed by atoms with Crippen LogP contribution in [0.25, 0.3) is 0 Å². The highest BCUT2D eigenvalue weighted by Crippen LogP contribution is 2.22. The molecule has 2 heteroatoms. The number of carbonyl (C=O) groups is 1. The van der Waals surface area contributed by atoms with Crippen LogP contribution < -0.4 is 5.32 Å². The van der Waals surface area contributed by atoms with Gasteiger partial charge in [-0.3, -0.25) is 4.79 Å². The van der Waals surface area contributed by atoms with Crippen molar-refractivity contribution in [3.8, 4) is 0 Å². The van der Waals surface area contributed by atoms with E-state index in [0.29, 0.717) is 0 Å². The second-order valence-corrected chi connectivity index (χ2v) is 6.53. The molecule has 1 atom stereocenters. The van der Waals surface area contributed by atoms with Crippen molar-refractivity contribution in [2.75, 3.05) is 0 Å². The van der Waals surface area contributed by atoms with Crippen LogP contribution in [-0.4, -0.2) is 5.91 Å². The zero-order valence-electron chi connectivity index (χ0n) is 15.1. The molecule has 0 heterocycles. The zero-order valence-corrected chi connectivity index (χ0v) is 15.1. The van der Waals surface area contributed by atoms with Gasteiger partial charge < -0.3 is 5.32 Å². The van der Waals surface area contributed by atoms with E-state index in [-0.39, 0.29) is 11.9 Å². The molecule has 0 radical (unpaired) electrons. The Balaban J connectivity index is 2.26. The Hall–Kier alpha value is -2.09. The lowest BCUT2D eigenvalue weighted by molar-refractivity contribution is 0.0935. The molecule has 2 aromatic carbocycles. The minimum atomic E-state index is 0.00989. The lowest BCUT2D eigenvalue weighted by Crippen LogP contribution is -2.29. The number of aryl methyl sites for hydroxylation is 5. The van der Waals surface area contributed by atoms with Crippen molar-refractivity contribution in [1.82, 2.24) is 5.32 Å². The Labute approximate surface area is 139 Å². The molecule has 2 nitrogen and oxygen atoms in total. The average Bonchev–Trinajstić information content (AvgIpc) is 2.51. The Kier molecular flexibility index (Phi) is 5.25. The maximum Gasteiger partial charge on any atom is 0.252 e. The highest BCUT2D eigenvalue weighted by Gasteiger charge is 2.16. The predicted molar refractivity (Wildman–Crippen MR) is 97.1 cm³/mol. The van der Waals surface area contributed by atoms with Crippen molar-refractivity contribution in [1.29, 1.82) is 0 Å². The molecular formula is C21H27NO.